The number of hydrogen-bond donors (Lipinski definition) is 3. The van der Waals surface area contributed by atoms with Gasteiger partial charge >= 0.3 is 5.97 Å². The number of thiazole rings is 1. The smallest absolute Gasteiger partial charge is 0.356 e. The van der Waals surface area contributed by atoms with E-state index in [0.717, 1.165) is 27.8 Å². The molecule has 344 valence electrons. The molecular weight excluding hydrogens is 949 g/mol. The molecule has 0 bridgehead atoms. The third-order valence-electron chi connectivity index (χ3n) is 11.7. The van der Waals surface area contributed by atoms with Gasteiger partial charge in [-0.1, -0.05) is 180 Å². The van der Waals surface area contributed by atoms with E-state index >= 15 is 0 Å². The van der Waals surface area contributed by atoms with Gasteiger partial charge in [0.15, 0.2) is 21.3 Å². The van der Waals surface area contributed by atoms with Crippen LogP contribution in [0, 0.1) is 6.92 Å². The standard InChI is InChI=1S/C51H40N8O6S4/c1-31-27-39(60)53-49-59(31)56-50(69-49)68-29-34-28-66-46-41(45(62)58(46)42(34)47(63)65-43(32-17-7-2-8-18-32)33-19-9-3-10-20-33)54-44(61)40(57-64)38-30-67-48(52-38)55-51(35-21-11-4-12-22-35,36-23-13-5-14-24-36)37-25-15-6-16-26-37/h2-27,30,41,43,46,64H,28-29H2,1H3,(H,52,55)(H,54,61)/t41-,46-/m1/s1. The first-order valence-electron chi connectivity index (χ1n) is 21.6. The molecule has 0 spiro atoms. The van der Waals surface area contributed by atoms with Crippen molar-refractivity contribution in [2.45, 2.75) is 34.3 Å². The average Bonchev–Trinajstić information content (AvgIpc) is 4.04. The largest absolute Gasteiger partial charge is 0.448 e. The zero-order valence-corrected chi connectivity index (χ0v) is 39.8. The number of aromatic nitrogens is 4. The van der Waals surface area contributed by atoms with Gasteiger partial charge < -0.3 is 20.6 Å². The summed E-state index contributed by atoms with van der Waals surface area (Å²) in [6, 6.07) is 49.0. The molecule has 10 rings (SSSR count). The van der Waals surface area contributed by atoms with Gasteiger partial charge in [-0.05, 0) is 40.3 Å². The minimum absolute atomic E-state index is 0.0773. The predicted molar refractivity (Wildman–Crippen MR) is 269 cm³/mol. The number of nitrogens with zero attached hydrogens (tertiary/aromatic N) is 6. The molecule has 5 heterocycles. The van der Waals surface area contributed by atoms with Crippen LogP contribution in [-0.4, -0.2) is 76.1 Å². The second kappa shape index (κ2) is 19.7. The number of carbonyl (C=O) groups is 3. The molecule has 1 saturated heterocycles. The Bertz CT molecular complexity index is 3160. The van der Waals surface area contributed by atoms with E-state index in [1.165, 1.54) is 57.2 Å². The predicted octanol–water partition coefficient (Wildman–Crippen LogP) is 8.28. The summed E-state index contributed by atoms with van der Waals surface area (Å²) >= 11 is 5.21. The van der Waals surface area contributed by atoms with Gasteiger partial charge in [0.25, 0.3) is 17.4 Å². The summed E-state index contributed by atoms with van der Waals surface area (Å²) in [5.41, 5.74) is 4.09. The Morgan fingerprint density at radius 1 is 0.841 bits per heavy atom. The highest BCUT2D eigenvalue weighted by Crippen LogP contribution is 2.44. The van der Waals surface area contributed by atoms with Gasteiger partial charge in [-0.2, -0.15) is 4.98 Å². The number of anilines is 1. The van der Waals surface area contributed by atoms with Gasteiger partial charge in [-0.25, -0.2) is 14.3 Å². The van der Waals surface area contributed by atoms with E-state index in [1.807, 2.05) is 152 Å². The van der Waals surface area contributed by atoms with Crippen molar-refractivity contribution in [3.8, 4) is 0 Å². The van der Waals surface area contributed by atoms with E-state index < -0.39 is 40.8 Å². The Labute approximate surface area is 411 Å². The number of amides is 2. The van der Waals surface area contributed by atoms with Crippen molar-refractivity contribution in [3.63, 3.8) is 0 Å². The maximum Gasteiger partial charge on any atom is 0.356 e. The third kappa shape index (κ3) is 8.94. The number of nitrogens with one attached hydrogen (secondary N) is 2. The zero-order valence-electron chi connectivity index (χ0n) is 36.5. The van der Waals surface area contributed by atoms with Gasteiger partial charge in [0.2, 0.25) is 4.96 Å². The van der Waals surface area contributed by atoms with Gasteiger partial charge in [0.1, 0.15) is 28.3 Å². The normalized spacial score (nSPS) is 16.0. The molecule has 3 aromatic heterocycles. The van der Waals surface area contributed by atoms with Gasteiger partial charge in [-0.15, -0.1) is 28.2 Å². The lowest BCUT2D eigenvalue weighted by atomic mass is 9.77. The SMILES string of the molecule is Cc1cc(=O)nc2sc(SCC3=C(C(=O)OC(c4ccccc4)c4ccccc4)N4C(=O)[C@@H](NC(=O)C(=NO)c5csc(NC(c6ccccc6)(c6ccccc6)c6ccccc6)n5)[C@H]4SC3)nn12. The fourth-order valence-corrected chi connectivity index (χ4v) is 12.7. The number of carbonyl (C=O) groups excluding carboxylic acids is 3. The van der Waals surface area contributed by atoms with Crippen LogP contribution in [0.15, 0.2) is 189 Å². The van der Waals surface area contributed by atoms with Crippen LogP contribution in [0.1, 0.15) is 45.3 Å². The van der Waals surface area contributed by atoms with E-state index in [0.29, 0.717) is 31.5 Å². The lowest BCUT2D eigenvalue weighted by molar-refractivity contribution is -0.154. The number of aryl methyl sites for hydroxylation is 1. The van der Waals surface area contributed by atoms with Crippen molar-refractivity contribution < 1.29 is 24.3 Å². The van der Waals surface area contributed by atoms with Crippen LogP contribution in [0.4, 0.5) is 5.13 Å². The summed E-state index contributed by atoms with van der Waals surface area (Å²) in [4.78, 5) is 65.9. The van der Waals surface area contributed by atoms with Gasteiger partial charge in [-0.3, -0.25) is 19.3 Å². The molecule has 3 N–H and O–H groups in total. The fraction of sp³-hybridized carbons (Fsp3) is 0.137. The van der Waals surface area contributed by atoms with E-state index in [-0.39, 0.29) is 28.4 Å². The molecular formula is C51H40N8O6S4. The first-order chi connectivity index (χ1) is 33.7. The second-order valence-electron chi connectivity index (χ2n) is 16.0. The Morgan fingerprint density at radius 3 is 1.97 bits per heavy atom. The van der Waals surface area contributed by atoms with Crippen LogP contribution < -0.4 is 16.2 Å². The minimum Gasteiger partial charge on any atom is -0.448 e. The minimum atomic E-state index is -1.08. The fourth-order valence-electron chi connectivity index (χ4n) is 8.47. The zero-order chi connectivity index (χ0) is 47.5. The highest BCUT2D eigenvalue weighted by molar-refractivity contribution is 8.02. The van der Waals surface area contributed by atoms with Crippen molar-refractivity contribution in [2.75, 3.05) is 16.8 Å². The van der Waals surface area contributed by atoms with Crippen molar-refractivity contribution in [2.24, 2.45) is 5.16 Å². The highest BCUT2D eigenvalue weighted by atomic mass is 32.2. The summed E-state index contributed by atoms with van der Waals surface area (Å²) in [5, 5.41) is 26.2. The molecule has 2 atom stereocenters. The van der Waals surface area contributed by atoms with Gasteiger partial charge in [0, 0.05) is 28.6 Å². The Hall–Kier alpha value is -7.38. The van der Waals surface area contributed by atoms with Crippen LogP contribution in [-0.2, 0) is 24.7 Å². The van der Waals surface area contributed by atoms with E-state index in [4.69, 9.17) is 9.72 Å². The first kappa shape index (κ1) is 45.4. The number of oxime groups is 1. The molecule has 5 aromatic carbocycles. The number of ether oxygens (including phenoxy) is 1. The Kier molecular flexibility index (Phi) is 13.0. The van der Waals surface area contributed by atoms with E-state index in [9.17, 15) is 24.4 Å². The van der Waals surface area contributed by atoms with Crippen LogP contribution >= 0.6 is 46.2 Å². The average molecular weight is 989 g/mol. The van der Waals surface area contributed by atoms with Crippen LogP contribution in [0.5, 0.6) is 0 Å². The number of thioether (sulfide) groups is 2. The number of esters is 1. The molecule has 18 heteroatoms. The maximum absolute atomic E-state index is 14.7. The Balaban J connectivity index is 0.919. The highest BCUT2D eigenvalue weighted by Gasteiger charge is 2.55. The maximum atomic E-state index is 14.7. The summed E-state index contributed by atoms with van der Waals surface area (Å²) in [6.07, 6.45) is -0.795. The first-order valence-corrected chi connectivity index (χ1v) is 25.4. The number of rotatable bonds is 15. The molecule has 14 nitrogen and oxygen atoms in total. The summed E-state index contributed by atoms with van der Waals surface area (Å²) in [6.45, 7) is 1.77. The third-order valence-corrected chi connectivity index (χ3v) is 15.9. The quantitative estimate of drug-likeness (QED) is 0.0171. The van der Waals surface area contributed by atoms with Crippen molar-refractivity contribution in [1.82, 2.24) is 29.8 Å². The summed E-state index contributed by atoms with van der Waals surface area (Å²) in [5.74, 6) is -1.50. The van der Waals surface area contributed by atoms with Crippen LogP contribution in [0.3, 0.4) is 0 Å². The summed E-state index contributed by atoms with van der Waals surface area (Å²) < 4.78 is 8.56. The monoisotopic (exact) mass is 988 g/mol. The number of benzene rings is 5. The number of hydrogen-bond acceptors (Lipinski definition) is 15. The molecule has 8 aromatic rings. The van der Waals surface area contributed by atoms with Crippen LogP contribution in [0.25, 0.3) is 4.96 Å². The van der Waals surface area contributed by atoms with Gasteiger partial charge in [0.05, 0.1) is 0 Å². The number of fused-ring (bicyclic) bond motifs is 2. The topological polar surface area (TPSA) is 180 Å². The molecule has 69 heavy (non-hydrogen) atoms. The lowest BCUT2D eigenvalue weighted by Crippen LogP contribution is -2.71. The number of β-lactam (4-membered cyclic amide) rings is 1. The van der Waals surface area contributed by atoms with Crippen molar-refractivity contribution >= 4 is 79.8 Å². The lowest BCUT2D eigenvalue weighted by Gasteiger charge is -2.49. The molecule has 2 aliphatic heterocycles. The molecule has 2 amide bonds. The van der Waals surface area contributed by atoms with Crippen molar-refractivity contribution in [1.29, 1.82) is 0 Å². The van der Waals surface area contributed by atoms with Crippen LogP contribution in [0.2, 0.25) is 0 Å². The summed E-state index contributed by atoms with van der Waals surface area (Å²) in [7, 11) is 0. The van der Waals surface area contributed by atoms with Crippen molar-refractivity contribution in [3.05, 3.63) is 224 Å². The van der Waals surface area contributed by atoms with E-state index in [1.54, 1.807) is 16.8 Å². The van der Waals surface area contributed by atoms with E-state index in [2.05, 4.69) is 25.9 Å². The molecule has 0 radical (unpaired) electrons. The molecule has 2 aliphatic rings. The second-order valence-corrected chi connectivity index (χ2v) is 20.1. The molecule has 0 unspecified atom stereocenters. The Morgan fingerprint density at radius 2 is 1.41 bits per heavy atom. The molecule has 0 saturated carbocycles. The molecule has 0 aliphatic carbocycles. The molecule has 1 fully saturated rings.